The Morgan fingerprint density at radius 2 is 1.82 bits per heavy atom. The number of aliphatic hydroxyl groups is 1. The summed E-state index contributed by atoms with van der Waals surface area (Å²) in [5.74, 6) is 0.177. The van der Waals surface area contributed by atoms with Gasteiger partial charge in [0.1, 0.15) is 5.82 Å². The number of carbonyl (C=O) groups excluding carboxylic acids is 1. The highest BCUT2D eigenvalue weighted by Crippen LogP contribution is 2.39. The Morgan fingerprint density at radius 3 is 2.43 bits per heavy atom. The molecular formula is C20H21FN2O5. The van der Waals surface area contributed by atoms with Crippen LogP contribution in [-0.2, 0) is 0 Å². The number of nitrogens with one attached hydrogen (secondary N) is 2. The van der Waals surface area contributed by atoms with Crippen LogP contribution >= 0.6 is 0 Å². The van der Waals surface area contributed by atoms with Gasteiger partial charge < -0.3 is 29.6 Å². The fraction of sp³-hybridized carbons (Fsp3) is 0.250. The fourth-order valence-corrected chi connectivity index (χ4v) is 2.96. The quantitative estimate of drug-likeness (QED) is 0.579. The number of aromatic amines is 1. The van der Waals surface area contributed by atoms with Crippen molar-refractivity contribution in [3.8, 4) is 17.2 Å². The molecule has 0 saturated carbocycles. The molecule has 0 fully saturated rings. The maximum Gasteiger partial charge on any atom is 0.251 e. The van der Waals surface area contributed by atoms with Crippen LogP contribution in [0.2, 0.25) is 0 Å². The molecular weight excluding hydrogens is 367 g/mol. The van der Waals surface area contributed by atoms with Crippen LogP contribution in [0.1, 0.15) is 22.0 Å². The van der Waals surface area contributed by atoms with E-state index in [0.717, 1.165) is 6.07 Å². The topological polar surface area (TPSA) is 92.8 Å². The predicted molar refractivity (Wildman–Crippen MR) is 102 cm³/mol. The Morgan fingerprint density at radius 1 is 1.14 bits per heavy atom. The highest BCUT2D eigenvalue weighted by Gasteiger charge is 2.18. The van der Waals surface area contributed by atoms with Crippen molar-refractivity contribution in [2.45, 2.75) is 6.10 Å². The number of halogens is 1. The molecule has 0 radical (unpaired) electrons. The molecule has 1 amide bonds. The summed E-state index contributed by atoms with van der Waals surface area (Å²) in [5, 5.41) is 13.7. The summed E-state index contributed by atoms with van der Waals surface area (Å²) in [5.41, 5.74) is 0.984. The van der Waals surface area contributed by atoms with Gasteiger partial charge in [-0.2, -0.15) is 0 Å². The van der Waals surface area contributed by atoms with E-state index < -0.39 is 17.8 Å². The summed E-state index contributed by atoms with van der Waals surface area (Å²) in [6.45, 7) is -0.0791. The first-order chi connectivity index (χ1) is 13.5. The van der Waals surface area contributed by atoms with Gasteiger partial charge in [-0.15, -0.1) is 0 Å². The Labute approximate surface area is 161 Å². The second-order valence-electron chi connectivity index (χ2n) is 6.08. The number of hydrogen-bond donors (Lipinski definition) is 3. The minimum absolute atomic E-state index is 0.0791. The number of aliphatic hydroxyl groups excluding tert-OH is 1. The standard InChI is InChI=1S/C20H21FN2O5/c1-26-16-8-12(9-17(27-2)19(16)28-3)15(24)10-23-20(25)13-6-11-4-5-22-18(11)14(21)7-13/h4-9,15,22,24H,10H2,1-3H3,(H,23,25). The van der Waals surface area contributed by atoms with Crippen LogP contribution in [0.4, 0.5) is 4.39 Å². The number of H-pyrrole nitrogens is 1. The zero-order valence-corrected chi connectivity index (χ0v) is 15.7. The molecule has 3 aromatic rings. The van der Waals surface area contributed by atoms with Crippen LogP contribution in [0.5, 0.6) is 17.2 Å². The van der Waals surface area contributed by atoms with Gasteiger partial charge in [-0.25, -0.2) is 4.39 Å². The largest absolute Gasteiger partial charge is 0.493 e. The van der Waals surface area contributed by atoms with Crippen molar-refractivity contribution in [1.82, 2.24) is 10.3 Å². The van der Waals surface area contributed by atoms with Gasteiger partial charge >= 0.3 is 0 Å². The molecule has 3 N–H and O–H groups in total. The molecule has 1 aromatic heterocycles. The molecule has 0 spiro atoms. The highest BCUT2D eigenvalue weighted by molar-refractivity contribution is 5.98. The van der Waals surface area contributed by atoms with Gasteiger partial charge in [0.15, 0.2) is 11.5 Å². The molecule has 1 heterocycles. The molecule has 0 aliphatic carbocycles. The second-order valence-corrected chi connectivity index (χ2v) is 6.08. The molecule has 1 atom stereocenters. The normalized spacial score (nSPS) is 11.9. The summed E-state index contributed by atoms with van der Waals surface area (Å²) in [6, 6.07) is 7.61. The van der Waals surface area contributed by atoms with Crippen LogP contribution in [0, 0.1) is 5.82 Å². The van der Waals surface area contributed by atoms with Gasteiger partial charge in [0.2, 0.25) is 5.75 Å². The molecule has 8 heteroatoms. The van der Waals surface area contributed by atoms with Gasteiger partial charge in [-0.05, 0) is 35.9 Å². The zero-order valence-electron chi connectivity index (χ0n) is 15.7. The molecule has 2 aromatic carbocycles. The van der Waals surface area contributed by atoms with Gasteiger partial charge in [0.25, 0.3) is 5.91 Å². The van der Waals surface area contributed by atoms with Crippen molar-refractivity contribution in [2.75, 3.05) is 27.9 Å². The lowest BCUT2D eigenvalue weighted by molar-refractivity contribution is 0.0916. The van der Waals surface area contributed by atoms with Gasteiger partial charge in [0.05, 0.1) is 33.0 Å². The number of methoxy groups -OCH3 is 3. The van der Waals surface area contributed by atoms with Crippen molar-refractivity contribution >= 4 is 16.8 Å². The molecule has 0 bridgehead atoms. The summed E-state index contributed by atoms with van der Waals surface area (Å²) < 4.78 is 29.8. The third-order valence-electron chi connectivity index (χ3n) is 4.40. The number of fused-ring (bicyclic) bond motifs is 1. The molecule has 7 nitrogen and oxygen atoms in total. The van der Waals surface area contributed by atoms with Gasteiger partial charge in [-0.1, -0.05) is 0 Å². The number of aromatic nitrogens is 1. The van der Waals surface area contributed by atoms with Gasteiger partial charge in [-0.3, -0.25) is 4.79 Å². The third kappa shape index (κ3) is 3.72. The number of benzene rings is 2. The highest BCUT2D eigenvalue weighted by atomic mass is 19.1. The average molecular weight is 388 g/mol. The Kier molecular flexibility index (Phi) is 5.70. The van der Waals surface area contributed by atoms with E-state index in [2.05, 4.69) is 10.3 Å². The summed E-state index contributed by atoms with van der Waals surface area (Å²) >= 11 is 0. The van der Waals surface area contributed by atoms with E-state index >= 15 is 0 Å². The van der Waals surface area contributed by atoms with E-state index in [0.29, 0.717) is 33.7 Å². The van der Waals surface area contributed by atoms with Crippen LogP contribution in [-0.4, -0.2) is 43.9 Å². The van der Waals surface area contributed by atoms with Crippen molar-refractivity contribution in [2.24, 2.45) is 0 Å². The maximum atomic E-state index is 14.0. The SMILES string of the molecule is COc1cc(C(O)CNC(=O)c2cc(F)c3[nH]ccc3c2)cc(OC)c1OC. The second kappa shape index (κ2) is 8.18. The fourth-order valence-electron chi connectivity index (χ4n) is 2.96. The monoisotopic (exact) mass is 388 g/mol. The van der Waals surface area contributed by atoms with Crippen LogP contribution in [0.3, 0.4) is 0 Å². The number of rotatable bonds is 7. The van der Waals surface area contributed by atoms with Crippen LogP contribution < -0.4 is 19.5 Å². The Balaban J connectivity index is 1.75. The minimum atomic E-state index is -1.03. The molecule has 0 saturated heterocycles. The Bertz CT molecular complexity index is 976. The summed E-state index contributed by atoms with van der Waals surface area (Å²) in [6.07, 6.45) is 0.572. The predicted octanol–water partition coefficient (Wildman–Crippen LogP) is 2.80. The van der Waals surface area contributed by atoms with Crippen molar-refractivity contribution in [3.63, 3.8) is 0 Å². The van der Waals surface area contributed by atoms with E-state index in [9.17, 15) is 14.3 Å². The van der Waals surface area contributed by atoms with Gasteiger partial charge in [0, 0.05) is 23.7 Å². The Hall–Kier alpha value is -3.26. The zero-order chi connectivity index (χ0) is 20.3. The summed E-state index contributed by atoms with van der Waals surface area (Å²) in [7, 11) is 4.43. The lowest BCUT2D eigenvalue weighted by Gasteiger charge is -2.17. The lowest BCUT2D eigenvalue weighted by atomic mass is 10.1. The minimum Gasteiger partial charge on any atom is -0.493 e. The number of ether oxygens (including phenoxy) is 3. The van der Waals surface area contributed by atoms with Crippen LogP contribution in [0.15, 0.2) is 36.5 Å². The molecule has 28 heavy (non-hydrogen) atoms. The van der Waals surface area contributed by atoms with E-state index in [-0.39, 0.29) is 12.1 Å². The number of hydrogen-bond acceptors (Lipinski definition) is 5. The third-order valence-corrected chi connectivity index (χ3v) is 4.40. The first-order valence-electron chi connectivity index (χ1n) is 8.51. The van der Waals surface area contributed by atoms with Crippen LogP contribution in [0.25, 0.3) is 10.9 Å². The summed E-state index contributed by atoms with van der Waals surface area (Å²) in [4.78, 5) is 15.2. The first kappa shape index (κ1) is 19.5. The molecule has 0 aliphatic heterocycles. The van der Waals surface area contributed by atoms with Crippen molar-refractivity contribution < 1.29 is 28.5 Å². The average Bonchev–Trinajstić information content (AvgIpc) is 3.19. The van der Waals surface area contributed by atoms with E-state index in [1.165, 1.54) is 21.3 Å². The lowest BCUT2D eigenvalue weighted by Crippen LogP contribution is -2.28. The van der Waals surface area contributed by atoms with E-state index in [4.69, 9.17) is 14.2 Å². The van der Waals surface area contributed by atoms with E-state index in [1.807, 2.05) is 0 Å². The molecule has 3 rings (SSSR count). The molecule has 148 valence electrons. The number of carbonyl (C=O) groups is 1. The van der Waals surface area contributed by atoms with Crippen molar-refractivity contribution in [3.05, 3.63) is 53.5 Å². The molecule has 1 unspecified atom stereocenters. The number of amides is 1. The first-order valence-corrected chi connectivity index (χ1v) is 8.51. The smallest absolute Gasteiger partial charge is 0.251 e. The molecule has 0 aliphatic rings. The van der Waals surface area contributed by atoms with Crippen molar-refractivity contribution in [1.29, 1.82) is 0 Å². The maximum absolute atomic E-state index is 14.0. The van der Waals surface area contributed by atoms with E-state index in [1.54, 1.807) is 30.5 Å².